The van der Waals surface area contributed by atoms with Gasteiger partial charge in [0.05, 0.1) is 6.61 Å². The highest BCUT2D eigenvalue weighted by molar-refractivity contribution is 6.11. The van der Waals surface area contributed by atoms with E-state index in [4.69, 9.17) is 14.2 Å². The summed E-state index contributed by atoms with van der Waals surface area (Å²) in [5.74, 6) is -0.770. The second kappa shape index (κ2) is 4.85. The molecule has 1 atom stereocenters. The van der Waals surface area contributed by atoms with Crippen molar-refractivity contribution in [3.05, 3.63) is 47.7 Å². The molecule has 2 aliphatic rings. The fourth-order valence-electron chi connectivity index (χ4n) is 2.10. The number of aliphatic imine (C=N–C) groups is 1. The van der Waals surface area contributed by atoms with Crippen LogP contribution in [0.3, 0.4) is 0 Å². The van der Waals surface area contributed by atoms with Crippen LogP contribution in [0, 0.1) is 0 Å². The van der Waals surface area contributed by atoms with Gasteiger partial charge in [0.25, 0.3) is 0 Å². The number of carbonyl (C=O) groups excluding carboxylic acids is 1. The van der Waals surface area contributed by atoms with E-state index in [2.05, 4.69) is 4.99 Å². The van der Waals surface area contributed by atoms with Crippen LogP contribution in [0.25, 0.3) is 0 Å². The molecular formula is C15H15NO4. The molecule has 0 unspecified atom stereocenters. The normalized spacial score (nSPS) is 26.7. The van der Waals surface area contributed by atoms with E-state index in [0.717, 1.165) is 5.56 Å². The number of cyclic esters (lactones) is 1. The average molecular weight is 273 g/mol. The molecule has 3 rings (SSSR count). The first-order valence-electron chi connectivity index (χ1n) is 6.43. The second-order valence-corrected chi connectivity index (χ2v) is 5.09. The molecule has 2 aliphatic heterocycles. The van der Waals surface area contributed by atoms with Crippen molar-refractivity contribution >= 4 is 11.9 Å². The molecule has 2 heterocycles. The van der Waals surface area contributed by atoms with Crippen LogP contribution in [0.2, 0.25) is 0 Å². The molecule has 104 valence electrons. The van der Waals surface area contributed by atoms with Gasteiger partial charge >= 0.3 is 5.97 Å². The average Bonchev–Trinajstić information content (AvgIpc) is 2.95. The molecule has 0 radical (unpaired) electrons. The van der Waals surface area contributed by atoms with Crippen molar-refractivity contribution in [2.24, 2.45) is 4.99 Å². The van der Waals surface area contributed by atoms with Gasteiger partial charge in [-0.2, -0.15) is 0 Å². The number of carbonyl (C=O) groups is 1. The fraction of sp³-hybridized carbons (Fsp3) is 0.333. The van der Waals surface area contributed by atoms with Crippen molar-refractivity contribution in [2.75, 3.05) is 6.61 Å². The van der Waals surface area contributed by atoms with Crippen molar-refractivity contribution in [2.45, 2.75) is 25.7 Å². The van der Waals surface area contributed by atoms with Crippen LogP contribution in [0.4, 0.5) is 0 Å². The first-order chi connectivity index (χ1) is 9.53. The van der Waals surface area contributed by atoms with E-state index in [1.807, 2.05) is 44.2 Å². The summed E-state index contributed by atoms with van der Waals surface area (Å²) in [6, 6.07) is 9.30. The van der Waals surface area contributed by atoms with Crippen LogP contribution in [0.1, 0.15) is 19.4 Å². The van der Waals surface area contributed by atoms with Crippen molar-refractivity contribution in [1.29, 1.82) is 0 Å². The lowest BCUT2D eigenvalue weighted by molar-refractivity contribution is -0.134. The first-order valence-corrected chi connectivity index (χ1v) is 6.43. The van der Waals surface area contributed by atoms with Gasteiger partial charge in [0.1, 0.15) is 6.10 Å². The maximum Gasteiger partial charge on any atom is 0.363 e. The third-order valence-corrected chi connectivity index (χ3v) is 3.02. The molecule has 0 spiro atoms. The van der Waals surface area contributed by atoms with Gasteiger partial charge < -0.3 is 14.2 Å². The molecule has 0 amide bonds. The quantitative estimate of drug-likeness (QED) is 0.611. The highest BCUT2D eigenvalue weighted by Crippen LogP contribution is 2.25. The van der Waals surface area contributed by atoms with Gasteiger partial charge in [0.2, 0.25) is 5.90 Å². The Hall–Kier alpha value is -1.98. The standard InChI is InChI=1S/C15H15NO4/c1-15(2)18-9-11(20-15)8-12-14(17)19-13(16-12)10-6-4-3-5-7-10/h3-8,11H,9H2,1-2H3/b12-8+/t11-/m0/s1. The zero-order valence-electron chi connectivity index (χ0n) is 11.3. The molecule has 0 saturated carbocycles. The molecule has 1 fully saturated rings. The lowest BCUT2D eigenvalue weighted by Crippen LogP contribution is -2.21. The Balaban J connectivity index is 1.81. The maximum atomic E-state index is 11.8. The van der Waals surface area contributed by atoms with Crippen LogP contribution in [0.15, 0.2) is 47.1 Å². The summed E-state index contributed by atoms with van der Waals surface area (Å²) < 4.78 is 16.2. The SMILES string of the molecule is CC1(C)OC[C@H](/C=C2/N=C(c3ccccc3)OC2=O)O1. The van der Waals surface area contributed by atoms with Crippen molar-refractivity contribution in [3.8, 4) is 0 Å². The Kier molecular flexibility index (Phi) is 3.16. The summed E-state index contributed by atoms with van der Waals surface area (Å²) in [6.45, 7) is 4.06. The second-order valence-electron chi connectivity index (χ2n) is 5.09. The van der Waals surface area contributed by atoms with Crippen LogP contribution in [-0.4, -0.2) is 30.4 Å². The van der Waals surface area contributed by atoms with E-state index in [-0.39, 0.29) is 11.8 Å². The van der Waals surface area contributed by atoms with Gasteiger partial charge in [-0.3, -0.25) is 0 Å². The summed E-state index contributed by atoms with van der Waals surface area (Å²) in [4.78, 5) is 16.0. The topological polar surface area (TPSA) is 57.1 Å². The van der Waals surface area contributed by atoms with E-state index in [1.54, 1.807) is 6.08 Å². The molecule has 1 saturated heterocycles. The molecule has 0 bridgehead atoms. The van der Waals surface area contributed by atoms with Gasteiger partial charge in [-0.05, 0) is 32.1 Å². The van der Waals surface area contributed by atoms with Crippen molar-refractivity contribution in [1.82, 2.24) is 0 Å². The Labute approximate surface area is 116 Å². The summed E-state index contributed by atoms with van der Waals surface area (Å²) in [6.07, 6.45) is 1.36. The van der Waals surface area contributed by atoms with Crippen LogP contribution in [-0.2, 0) is 19.0 Å². The summed E-state index contributed by atoms with van der Waals surface area (Å²) in [7, 11) is 0. The van der Waals surface area contributed by atoms with Gasteiger partial charge in [0.15, 0.2) is 11.5 Å². The van der Waals surface area contributed by atoms with Crippen LogP contribution < -0.4 is 0 Å². The van der Waals surface area contributed by atoms with Crippen LogP contribution in [0.5, 0.6) is 0 Å². The minimum absolute atomic E-state index is 0.259. The largest absolute Gasteiger partial charge is 0.402 e. The van der Waals surface area contributed by atoms with Crippen molar-refractivity contribution < 1.29 is 19.0 Å². The Morgan fingerprint density at radius 3 is 2.70 bits per heavy atom. The zero-order chi connectivity index (χ0) is 14.2. The van der Waals surface area contributed by atoms with E-state index in [0.29, 0.717) is 12.5 Å². The minimum atomic E-state index is -0.629. The zero-order valence-corrected chi connectivity index (χ0v) is 11.3. The summed E-state index contributed by atoms with van der Waals surface area (Å²) in [5.41, 5.74) is 1.03. The number of rotatable bonds is 2. The van der Waals surface area contributed by atoms with Gasteiger partial charge in [-0.15, -0.1) is 0 Å². The third kappa shape index (κ3) is 2.64. The molecule has 0 aliphatic carbocycles. The lowest BCUT2D eigenvalue weighted by Gasteiger charge is -2.15. The lowest BCUT2D eigenvalue weighted by atomic mass is 10.2. The van der Waals surface area contributed by atoms with Gasteiger partial charge in [-0.1, -0.05) is 18.2 Å². The summed E-state index contributed by atoms with van der Waals surface area (Å²) >= 11 is 0. The molecule has 0 N–H and O–H groups in total. The summed E-state index contributed by atoms with van der Waals surface area (Å²) in [5, 5.41) is 0. The molecule has 5 nitrogen and oxygen atoms in total. The fourth-order valence-corrected chi connectivity index (χ4v) is 2.10. The first kappa shape index (κ1) is 13.0. The third-order valence-electron chi connectivity index (χ3n) is 3.02. The Morgan fingerprint density at radius 2 is 2.05 bits per heavy atom. The number of nitrogens with zero attached hydrogens (tertiary/aromatic N) is 1. The Morgan fingerprint density at radius 1 is 1.30 bits per heavy atom. The number of benzene rings is 1. The monoisotopic (exact) mass is 273 g/mol. The molecule has 1 aromatic rings. The highest BCUT2D eigenvalue weighted by atomic mass is 16.7. The number of hydrogen-bond donors (Lipinski definition) is 0. The van der Waals surface area contributed by atoms with E-state index in [1.165, 1.54) is 0 Å². The highest BCUT2D eigenvalue weighted by Gasteiger charge is 2.33. The van der Waals surface area contributed by atoms with E-state index < -0.39 is 11.8 Å². The van der Waals surface area contributed by atoms with Gasteiger partial charge in [-0.25, -0.2) is 9.79 Å². The number of ether oxygens (including phenoxy) is 3. The van der Waals surface area contributed by atoms with Crippen LogP contribution >= 0.6 is 0 Å². The number of hydrogen-bond acceptors (Lipinski definition) is 5. The van der Waals surface area contributed by atoms with Gasteiger partial charge in [0, 0.05) is 5.56 Å². The molecule has 0 aromatic heterocycles. The molecule has 1 aromatic carbocycles. The molecular weight excluding hydrogens is 258 g/mol. The number of esters is 1. The minimum Gasteiger partial charge on any atom is -0.402 e. The smallest absolute Gasteiger partial charge is 0.363 e. The predicted octanol–water partition coefficient (Wildman–Crippen LogP) is 2.03. The maximum absolute atomic E-state index is 11.8. The Bertz CT molecular complexity index is 589. The molecule has 20 heavy (non-hydrogen) atoms. The predicted molar refractivity (Wildman–Crippen MR) is 72.1 cm³/mol. The van der Waals surface area contributed by atoms with E-state index >= 15 is 0 Å². The van der Waals surface area contributed by atoms with Crippen molar-refractivity contribution in [3.63, 3.8) is 0 Å². The van der Waals surface area contributed by atoms with E-state index in [9.17, 15) is 4.79 Å². The molecule has 5 heteroatoms.